The molecule has 0 radical (unpaired) electrons. The van der Waals surface area contributed by atoms with E-state index in [4.69, 9.17) is 17.3 Å². The molecule has 3 nitrogen and oxygen atoms in total. The number of halogens is 1. The van der Waals surface area contributed by atoms with Crippen LogP contribution in [-0.2, 0) is 0 Å². The fourth-order valence-electron chi connectivity index (χ4n) is 1.60. The molecule has 0 aliphatic heterocycles. The van der Waals surface area contributed by atoms with E-state index in [1.165, 1.54) is 12.8 Å². The first-order valence-electron chi connectivity index (χ1n) is 5.41. The van der Waals surface area contributed by atoms with E-state index in [1.807, 2.05) is 6.92 Å². The summed E-state index contributed by atoms with van der Waals surface area (Å²) in [6, 6.07) is 3.38. The van der Waals surface area contributed by atoms with Crippen LogP contribution < -0.4 is 11.1 Å². The van der Waals surface area contributed by atoms with Crippen molar-refractivity contribution in [3.05, 3.63) is 28.3 Å². The second-order valence-electron chi connectivity index (χ2n) is 4.34. The quantitative estimate of drug-likeness (QED) is 0.795. The Kier molecular flexibility index (Phi) is 3.06. The molecule has 4 heteroatoms. The third-order valence-corrected chi connectivity index (χ3v) is 3.06. The summed E-state index contributed by atoms with van der Waals surface area (Å²) >= 11 is 5.91. The molecule has 3 N–H and O–H groups in total. The van der Waals surface area contributed by atoms with Crippen LogP contribution in [0.2, 0.25) is 5.02 Å². The number of hydrogen-bond donors (Lipinski definition) is 2. The van der Waals surface area contributed by atoms with Crippen molar-refractivity contribution in [3.8, 4) is 0 Å². The van der Waals surface area contributed by atoms with Crippen LogP contribution in [0.3, 0.4) is 0 Å². The Morgan fingerprint density at radius 1 is 1.56 bits per heavy atom. The smallest absolute Gasteiger partial charge is 0.253 e. The molecule has 0 aromatic heterocycles. The number of rotatable bonds is 3. The summed E-state index contributed by atoms with van der Waals surface area (Å²) < 4.78 is 0. The number of aryl methyl sites for hydroxylation is 1. The van der Waals surface area contributed by atoms with Crippen LogP contribution in [-0.4, -0.2) is 12.5 Å². The standard InChI is InChI=1S/C12H15ClN2O/c1-7-4-9(13)5-10(11(7)14)12(16)15-6-8-2-3-8/h4-5,8H,2-3,6,14H2,1H3,(H,15,16). The van der Waals surface area contributed by atoms with Gasteiger partial charge in [-0.2, -0.15) is 0 Å². The van der Waals surface area contributed by atoms with Crippen molar-refractivity contribution < 1.29 is 4.79 Å². The number of carbonyl (C=O) groups is 1. The van der Waals surface area contributed by atoms with Gasteiger partial charge in [0, 0.05) is 17.3 Å². The van der Waals surface area contributed by atoms with Gasteiger partial charge >= 0.3 is 0 Å². The first-order valence-corrected chi connectivity index (χ1v) is 5.79. The first-order chi connectivity index (χ1) is 7.58. The van der Waals surface area contributed by atoms with Gasteiger partial charge in [0.2, 0.25) is 0 Å². The Balaban J connectivity index is 2.14. The van der Waals surface area contributed by atoms with Gasteiger partial charge in [-0.25, -0.2) is 0 Å². The van der Waals surface area contributed by atoms with E-state index in [0.29, 0.717) is 22.2 Å². The van der Waals surface area contributed by atoms with E-state index in [2.05, 4.69) is 5.32 Å². The van der Waals surface area contributed by atoms with E-state index in [-0.39, 0.29) is 5.91 Å². The fraction of sp³-hybridized carbons (Fsp3) is 0.417. The molecule has 0 atom stereocenters. The molecule has 2 rings (SSSR count). The predicted molar refractivity (Wildman–Crippen MR) is 65.7 cm³/mol. The minimum Gasteiger partial charge on any atom is -0.398 e. The maximum atomic E-state index is 11.9. The van der Waals surface area contributed by atoms with Crippen molar-refractivity contribution in [3.63, 3.8) is 0 Å². The summed E-state index contributed by atoms with van der Waals surface area (Å²) in [4.78, 5) is 11.9. The summed E-state index contributed by atoms with van der Waals surface area (Å²) in [7, 11) is 0. The highest BCUT2D eigenvalue weighted by Crippen LogP contribution is 2.28. The van der Waals surface area contributed by atoms with Gasteiger partial charge in [-0.1, -0.05) is 11.6 Å². The molecule has 1 amide bonds. The van der Waals surface area contributed by atoms with Crippen LogP contribution in [0.15, 0.2) is 12.1 Å². The Morgan fingerprint density at radius 2 is 2.25 bits per heavy atom. The van der Waals surface area contributed by atoms with Gasteiger partial charge in [0.1, 0.15) is 0 Å². The van der Waals surface area contributed by atoms with E-state index < -0.39 is 0 Å². The molecule has 16 heavy (non-hydrogen) atoms. The Morgan fingerprint density at radius 3 is 2.88 bits per heavy atom. The van der Waals surface area contributed by atoms with Crippen LogP contribution in [0.25, 0.3) is 0 Å². The molecule has 0 spiro atoms. The zero-order valence-corrected chi connectivity index (χ0v) is 9.97. The molecule has 1 aliphatic carbocycles. The van der Waals surface area contributed by atoms with Crippen molar-refractivity contribution in [1.82, 2.24) is 5.32 Å². The molecule has 0 saturated heterocycles. The zero-order chi connectivity index (χ0) is 11.7. The monoisotopic (exact) mass is 238 g/mol. The second kappa shape index (κ2) is 4.34. The second-order valence-corrected chi connectivity index (χ2v) is 4.77. The number of nitrogens with two attached hydrogens (primary N) is 1. The van der Waals surface area contributed by atoms with Crippen molar-refractivity contribution in [2.75, 3.05) is 12.3 Å². The lowest BCUT2D eigenvalue weighted by molar-refractivity contribution is 0.0952. The molecular formula is C12H15ClN2O. The summed E-state index contributed by atoms with van der Waals surface area (Å²) in [5.74, 6) is 0.528. The van der Waals surface area contributed by atoms with Gasteiger partial charge in [0.15, 0.2) is 0 Å². The number of hydrogen-bond acceptors (Lipinski definition) is 2. The Hall–Kier alpha value is -1.22. The van der Waals surface area contributed by atoms with Gasteiger partial charge in [0.25, 0.3) is 5.91 Å². The van der Waals surface area contributed by atoms with Crippen molar-refractivity contribution in [2.45, 2.75) is 19.8 Å². The van der Waals surface area contributed by atoms with E-state index in [1.54, 1.807) is 12.1 Å². The average molecular weight is 239 g/mol. The predicted octanol–water partition coefficient (Wildman–Crippen LogP) is 2.37. The molecule has 1 saturated carbocycles. The van der Waals surface area contributed by atoms with E-state index in [0.717, 1.165) is 12.1 Å². The lowest BCUT2D eigenvalue weighted by atomic mass is 10.1. The van der Waals surface area contributed by atoms with Gasteiger partial charge in [-0.3, -0.25) is 4.79 Å². The number of nitrogen functional groups attached to an aromatic ring is 1. The first kappa shape index (κ1) is 11.3. The topological polar surface area (TPSA) is 55.1 Å². The fourth-order valence-corrected chi connectivity index (χ4v) is 1.87. The average Bonchev–Trinajstić information content (AvgIpc) is 3.03. The maximum Gasteiger partial charge on any atom is 0.253 e. The number of carbonyl (C=O) groups excluding carboxylic acids is 1. The van der Waals surface area contributed by atoms with Crippen LogP contribution >= 0.6 is 11.6 Å². The highest BCUT2D eigenvalue weighted by Gasteiger charge is 2.22. The van der Waals surface area contributed by atoms with Crippen molar-refractivity contribution >= 4 is 23.2 Å². The third kappa shape index (κ3) is 2.47. The largest absolute Gasteiger partial charge is 0.398 e. The van der Waals surface area contributed by atoms with Crippen molar-refractivity contribution in [2.24, 2.45) is 5.92 Å². The lowest BCUT2D eigenvalue weighted by Crippen LogP contribution is -2.26. The van der Waals surface area contributed by atoms with Crippen molar-refractivity contribution in [1.29, 1.82) is 0 Å². The molecule has 1 aliphatic rings. The van der Waals surface area contributed by atoms with Crippen LogP contribution in [0, 0.1) is 12.8 Å². The molecule has 86 valence electrons. The summed E-state index contributed by atoms with van der Waals surface area (Å²) in [6.45, 7) is 2.59. The van der Waals surface area contributed by atoms with Crippen LogP contribution in [0.5, 0.6) is 0 Å². The molecular weight excluding hydrogens is 224 g/mol. The minimum absolute atomic E-state index is 0.130. The van der Waals surface area contributed by atoms with Crippen LogP contribution in [0.4, 0.5) is 5.69 Å². The summed E-state index contributed by atoms with van der Waals surface area (Å²) in [6.07, 6.45) is 2.43. The molecule has 0 heterocycles. The molecule has 0 unspecified atom stereocenters. The number of anilines is 1. The van der Waals surface area contributed by atoms with Gasteiger partial charge < -0.3 is 11.1 Å². The van der Waals surface area contributed by atoms with Crippen LogP contribution in [0.1, 0.15) is 28.8 Å². The molecule has 0 bridgehead atoms. The van der Waals surface area contributed by atoms with Gasteiger partial charge in [-0.05, 0) is 43.4 Å². The normalized spacial score (nSPS) is 14.9. The highest BCUT2D eigenvalue weighted by atomic mass is 35.5. The summed E-state index contributed by atoms with van der Waals surface area (Å²) in [5.41, 5.74) is 7.68. The van der Waals surface area contributed by atoms with E-state index >= 15 is 0 Å². The van der Waals surface area contributed by atoms with Gasteiger partial charge in [-0.15, -0.1) is 0 Å². The third-order valence-electron chi connectivity index (χ3n) is 2.84. The summed E-state index contributed by atoms with van der Waals surface area (Å²) in [5, 5.41) is 3.42. The Labute approximate surface area is 100.0 Å². The minimum atomic E-state index is -0.130. The number of benzene rings is 1. The van der Waals surface area contributed by atoms with Gasteiger partial charge in [0.05, 0.1) is 5.56 Å². The maximum absolute atomic E-state index is 11.9. The number of amides is 1. The molecule has 1 aromatic carbocycles. The highest BCUT2D eigenvalue weighted by molar-refractivity contribution is 6.31. The number of nitrogens with one attached hydrogen (secondary N) is 1. The lowest BCUT2D eigenvalue weighted by Gasteiger charge is -2.09. The SMILES string of the molecule is Cc1cc(Cl)cc(C(=O)NCC2CC2)c1N. The Bertz CT molecular complexity index is 427. The molecule has 1 aromatic rings. The van der Waals surface area contributed by atoms with E-state index in [9.17, 15) is 4.79 Å². The zero-order valence-electron chi connectivity index (χ0n) is 9.22. The molecule has 1 fully saturated rings.